The molecule has 250 valence electrons. The zero-order chi connectivity index (χ0) is 35.7. The van der Waals surface area contributed by atoms with Gasteiger partial charge in [-0.25, -0.2) is 9.97 Å². The van der Waals surface area contributed by atoms with Gasteiger partial charge in [-0.15, -0.1) is 0 Å². The van der Waals surface area contributed by atoms with E-state index in [9.17, 15) is 5.26 Å². The molecule has 6 aromatic rings. The van der Waals surface area contributed by atoms with Crippen molar-refractivity contribution in [2.45, 2.75) is 105 Å². The Labute approximate surface area is 292 Å². The Morgan fingerprint density at radius 2 is 1.02 bits per heavy atom. The standard InChI is InChI=1S/C45H49N3O/c1-42(2,3)29-23-30-35-36(32(43(4,5)6)25-34(45(10,11)12)40(35)49-39(30)33(24-29)44(7,8)9)41-47-37(27-19-15-13-16-20-27)31(26-46)38(48-41)28-21-17-14-18-22-28/h13-25H,1-12H3. The zero-order valence-electron chi connectivity index (χ0n) is 31.3. The summed E-state index contributed by atoms with van der Waals surface area (Å²) in [6.45, 7) is 27.1. The van der Waals surface area contributed by atoms with Gasteiger partial charge in [0.2, 0.25) is 0 Å². The third kappa shape index (κ3) is 6.17. The van der Waals surface area contributed by atoms with Crippen LogP contribution in [0.4, 0.5) is 0 Å². The van der Waals surface area contributed by atoms with Crippen LogP contribution >= 0.6 is 0 Å². The Kier molecular flexibility index (Phi) is 8.14. The van der Waals surface area contributed by atoms with Crippen LogP contribution in [0.25, 0.3) is 55.8 Å². The lowest BCUT2D eigenvalue weighted by Gasteiger charge is -2.28. The highest BCUT2D eigenvalue weighted by Crippen LogP contribution is 2.49. The predicted molar refractivity (Wildman–Crippen MR) is 205 cm³/mol. The molecule has 4 aromatic carbocycles. The van der Waals surface area contributed by atoms with Crippen molar-refractivity contribution in [3.63, 3.8) is 0 Å². The van der Waals surface area contributed by atoms with Gasteiger partial charge in [-0.2, -0.15) is 5.26 Å². The molecule has 0 aliphatic rings. The minimum Gasteiger partial charge on any atom is -0.455 e. The zero-order valence-corrected chi connectivity index (χ0v) is 31.3. The molecule has 49 heavy (non-hydrogen) atoms. The third-order valence-electron chi connectivity index (χ3n) is 9.47. The Morgan fingerprint density at radius 1 is 0.551 bits per heavy atom. The fraction of sp³-hybridized carbons (Fsp3) is 0.356. The number of hydrogen-bond donors (Lipinski definition) is 0. The van der Waals surface area contributed by atoms with Crippen LogP contribution in [-0.4, -0.2) is 9.97 Å². The number of aromatic nitrogens is 2. The van der Waals surface area contributed by atoms with Crippen LogP contribution in [0.2, 0.25) is 0 Å². The molecular formula is C45H49N3O. The number of furan rings is 1. The average molecular weight is 648 g/mol. The van der Waals surface area contributed by atoms with Crippen LogP contribution < -0.4 is 0 Å². The second kappa shape index (κ2) is 11.7. The van der Waals surface area contributed by atoms with Gasteiger partial charge < -0.3 is 4.42 Å². The molecule has 6 rings (SSSR count). The molecule has 0 amide bonds. The number of hydrogen-bond acceptors (Lipinski definition) is 4. The molecule has 2 heterocycles. The quantitative estimate of drug-likeness (QED) is 0.192. The number of benzene rings is 4. The van der Waals surface area contributed by atoms with E-state index in [1.165, 1.54) is 11.1 Å². The number of nitriles is 1. The molecule has 0 radical (unpaired) electrons. The van der Waals surface area contributed by atoms with Gasteiger partial charge in [-0.1, -0.05) is 156 Å². The first-order chi connectivity index (χ1) is 22.8. The lowest BCUT2D eigenvalue weighted by atomic mass is 9.75. The van der Waals surface area contributed by atoms with E-state index in [2.05, 4.69) is 107 Å². The van der Waals surface area contributed by atoms with Gasteiger partial charge in [-0.05, 0) is 38.9 Å². The SMILES string of the molecule is CC(C)(C)c1cc(C(C)(C)C)c2oc3c(C(C)(C)C)cc(C(C)(C)C)c(-c4nc(-c5ccccc5)c(C#N)c(-c5ccccc5)n4)c3c2c1. The van der Waals surface area contributed by atoms with Crippen LogP contribution in [0.1, 0.15) is 111 Å². The van der Waals surface area contributed by atoms with Gasteiger partial charge in [0.05, 0.1) is 11.4 Å². The van der Waals surface area contributed by atoms with Gasteiger partial charge in [0, 0.05) is 38.6 Å². The molecule has 0 atom stereocenters. The van der Waals surface area contributed by atoms with Gasteiger partial charge in [0.15, 0.2) is 5.82 Å². The summed E-state index contributed by atoms with van der Waals surface area (Å²) in [7, 11) is 0. The highest BCUT2D eigenvalue weighted by atomic mass is 16.3. The van der Waals surface area contributed by atoms with Crippen LogP contribution in [0.3, 0.4) is 0 Å². The minimum atomic E-state index is -0.265. The van der Waals surface area contributed by atoms with Crippen molar-refractivity contribution >= 4 is 21.9 Å². The van der Waals surface area contributed by atoms with Crippen molar-refractivity contribution in [2.75, 3.05) is 0 Å². The minimum absolute atomic E-state index is 0.0850. The van der Waals surface area contributed by atoms with E-state index in [0.717, 1.165) is 49.8 Å². The Morgan fingerprint density at radius 3 is 1.45 bits per heavy atom. The van der Waals surface area contributed by atoms with E-state index in [4.69, 9.17) is 14.4 Å². The summed E-state index contributed by atoms with van der Waals surface area (Å²) in [4.78, 5) is 10.7. The molecule has 0 fully saturated rings. The van der Waals surface area contributed by atoms with E-state index in [1.54, 1.807) is 0 Å². The van der Waals surface area contributed by atoms with E-state index in [0.29, 0.717) is 22.8 Å². The fourth-order valence-corrected chi connectivity index (χ4v) is 6.71. The Bertz CT molecular complexity index is 2180. The van der Waals surface area contributed by atoms with Crippen molar-refractivity contribution in [3.8, 4) is 40.0 Å². The molecular weight excluding hydrogens is 599 g/mol. The first-order valence-electron chi connectivity index (χ1n) is 17.3. The smallest absolute Gasteiger partial charge is 0.161 e. The van der Waals surface area contributed by atoms with Crippen LogP contribution in [0.5, 0.6) is 0 Å². The summed E-state index contributed by atoms with van der Waals surface area (Å²) < 4.78 is 7.13. The molecule has 0 saturated carbocycles. The molecule has 0 unspecified atom stereocenters. The van der Waals surface area contributed by atoms with E-state index in [1.807, 2.05) is 60.7 Å². The van der Waals surface area contributed by atoms with Crippen LogP contribution in [0.15, 0.2) is 83.3 Å². The molecule has 0 aliphatic heterocycles. The molecule has 0 N–H and O–H groups in total. The molecule has 0 bridgehead atoms. The topological polar surface area (TPSA) is 62.7 Å². The van der Waals surface area contributed by atoms with Crippen LogP contribution in [0, 0.1) is 11.3 Å². The lowest BCUT2D eigenvalue weighted by molar-refractivity contribution is 0.547. The van der Waals surface area contributed by atoms with E-state index >= 15 is 0 Å². The van der Waals surface area contributed by atoms with Crippen LogP contribution in [-0.2, 0) is 21.7 Å². The molecule has 0 spiro atoms. The summed E-state index contributed by atoms with van der Waals surface area (Å²) in [6.07, 6.45) is 0. The second-order valence-electron chi connectivity index (χ2n) is 17.5. The summed E-state index contributed by atoms with van der Waals surface area (Å²) in [5, 5.41) is 12.8. The van der Waals surface area contributed by atoms with E-state index < -0.39 is 0 Å². The largest absolute Gasteiger partial charge is 0.455 e. The lowest BCUT2D eigenvalue weighted by Crippen LogP contribution is -2.18. The normalized spacial score (nSPS) is 12.9. The van der Waals surface area contributed by atoms with Gasteiger partial charge in [-0.3, -0.25) is 0 Å². The summed E-state index contributed by atoms with van der Waals surface area (Å²) in [5.41, 5.74) is 10.2. The monoisotopic (exact) mass is 647 g/mol. The number of nitrogens with zero attached hydrogens (tertiary/aromatic N) is 3. The van der Waals surface area contributed by atoms with Gasteiger partial charge >= 0.3 is 0 Å². The summed E-state index contributed by atoms with van der Waals surface area (Å²) >= 11 is 0. The van der Waals surface area contributed by atoms with Crippen molar-refractivity contribution in [2.24, 2.45) is 0 Å². The van der Waals surface area contributed by atoms with E-state index in [-0.39, 0.29) is 21.7 Å². The highest BCUT2D eigenvalue weighted by Gasteiger charge is 2.34. The first-order valence-corrected chi connectivity index (χ1v) is 17.3. The maximum Gasteiger partial charge on any atom is 0.161 e. The third-order valence-corrected chi connectivity index (χ3v) is 9.47. The van der Waals surface area contributed by atoms with Gasteiger partial charge in [0.25, 0.3) is 0 Å². The molecule has 2 aromatic heterocycles. The maximum atomic E-state index is 10.6. The van der Waals surface area contributed by atoms with Crippen molar-refractivity contribution < 1.29 is 4.42 Å². The van der Waals surface area contributed by atoms with Crippen molar-refractivity contribution in [3.05, 3.63) is 107 Å². The molecule has 0 aliphatic carbocycles. The van der Waals surface area contributed by atoms with Crippen molar-refractivity contribution in [1.82, 2.24) is 9.97 Å². The average Bonchev–Trinajstić information content (AvgIpc) is 3.41. The number of fused-ring (bicyclic) bond motifs is 3. The van der Waals surface area contributed by atoms with Gasteiger partial charge in [0.1, 0.15) is 22.8 Å². The summed E-state index contributed by atoms with van der Waals surface area (Å²) in [6, 6.07) is 29.5. The molecule has 4 nitrogen and oxygen atoms in total. The predicted octanol–water partition coefficient (Wildman–Crippen LogP) is 12.4. The Hall–Kier alpha value is -4.75. The Balaban J connectivity index is 1.91. The molecule has 0 saturated heterocycles. The highest BCUT2D eigenvalue weighted by molar-refractivity contribution is 6.15. The molecule has 4 heteroatoms. The number of rotatable bonds is 3. The fourth-order valence-electron chi connectivity index (χ4n) is 6.71. The summed E-state index contributed by atoms with van der Waals surface area (Å²) in [5.74, 6) is 0.591. The maximum absolute atomic E-state index is 10.6. The second-order valence-corrected chi connectivity index (χ2v) is 17.5. The first kappa shape index (κ1) is 34.1. The van der Waals surface area contributed by atoms with Crippen molar-refractivity contribution in [1.29, 1.82) is 5.26 Å².